The zero-order valence-corrected chi connectivity index (χ0v) is 13.6. The van der Waals surface area contributed by atoms with Crippen LogP contribution < -0.4 is 10.1 Å². The zero-order valence-electron chi connectivity index (χ0n) is 13.6. The molecule has 21 heavy (non-hydrogen) atoms. The van der Waals surface area contributed by atoms with Gasteiger partial charge in [0.05, 0.1) is 12.7 Å². The van der Waals surface area contributed by atoms with Crippen molar-refractivity contribution in [1.82, 2.24) is 10.2 Å². The lowest BCUT2D eigenvalue weighted by Crippen LogP contribution is -2.46. The fourth-order valence-electron chi connectivity index (χ4n) is 1.76. The van der Waals surface area contributed by atoms with Crippen LogP contribution in [0.15, 0.2) is 24.3 Å². The largest absolute Gasteiger partial charge is 0.494 e. The Morgan fingerprint density at radius 3 is 2.76 bits per heavy atom. The molecule has 0 saturated heterocycles. The van der Waals surface area contributed by atoms with E-state index in [4.69, 9.17) is 10.00 Å². The Bertz CT molecular complexity index is 463. The lowest BCUT2D eigenvalue weighted by molar-refractivity contribution is 0.189. The van der Waals surface area contributed by atoms with Crippen LogP contribution >= 0.6 is 0 Å². The van der Waals surface area contributed by atoms with Crippen LogP contribution in [-0.4, -0.2) is 37.7 Å². The third-order valence-corrected chi connectivity index (χ3v) is 3.70. The number of ether oxygens (including phenoxy) is 1. The predicted molar refractivity (Wildman–Crippen MR) is 86.3 cm³/mol. The third-order valence-electron chi connectivity index (χ3n) is 3.70. The van der Waals surface area contributed by atoms with E-state index in [1.807, 2.05) is 12.1 Å². The number of nitrogens with one attached hydrogen (secondary N) is 1. The minimum Gasteiger partial charge on any atom is -0.494 e. The monoisotopic (exact) mass is 289 g/mol. The molecule has 0 saturated carbocycles. The summed E-state index contributed by atoms with van der Waals surface area (Å²) in [5.74, 6) is 0.874. The standard InChI is InChI=1S/C17H27N3O/c1-17(2,20(3)4)14-19-13-15-8-7-9-16(12-15)21-11-6-5-10-18/h7-9,12,19H,5-6,11,13-14H2,1-4H3. The van der Waals surface area contributed by atoms with Gasteiger partial charge in [0.2, 0.25) is 0 Å². The van der Waals surface area contributed by atoms with E-state index in [0.29, 0.717) is 13.0 Å². The van der Waals surface area contributed by atoms with Crippen molar-refractivity contribution in [3.63, 3.8) is 0 Å². The van der Waals surface area contributed by atoms with Gasteiger partial charge in [-0.1, -0.05) is 12.1 Å². The van der Waals surface area contributed by atoms with Crippen molar-refractivity contribution in [3.05, 3.63) is 29.8 Å². The van der Waals surface area contributed by atoms with Gasteiger partial charge >= 0.3 is 0 Å². The second kappa shape index (κ2) is 8.66. The first-order valence-corrected chi connectivity index (χ1v) is 7.42. The lowest BCUT2D eigenvalue weighted by atomic mass is 10.0. The summed E-state index contributed by atoms with van der Waals surface area (Å²) in [6, 6.07) is 10.2. The summed E-state index contributed by atoms with van der Waals surface area (Å²) in [6.45, 7) is 6.78. The van der Waals surface area contributed by atoms with E-state index in [1.165, 1.54) is 5.56 Å². The molecular weight excluding hydrogens is 262 g/mol. The summed E-state index contributed by atoms with van der Waals surface area (Å²) >= 11 is 0. The van der Waals surface area contributed by atoms with Gasteiger partial charge in [-0.05, 0) is 52.1 Å². The quantitative estimate of drug-likeness (QED) is 0.710. The number of hydrogen-bond acceptors (Lipinski definition) is 4. The molecule has 4 nitrogen and oxygen atoms in total. The summed E-state index contributed by atoms with van der Waals surface area (Å²) in [5, 5.41) is 12.0. The molecule has 0 unspecified atom stereocenters. The number of nitriles is 1. The third kappa shape index (κ3) is 6.61. The molecule has 0 fully saturated rings. The first-order chi connectivity index (χ1) is 9.95. The summed E-state index contributed by atoms with van der Waals surface area (Å²) in [4.78, 5) is 2.22. The summed E-state index contributed by atoms with van der Waals surface area (Å²) < 4.78 is 5.65. The van der Waals surface area contributed by atoms with Crippen LogP contribution in [0.4, 0.5) is 0 Å². The molecule has 0 bridgehead atoms. The maximum absolute atomic E-state index is 8.49. The number of rotatable bonds is 9. The van der Waals surface area contributed by atoms with Crippen molar-refractivity contribution in [3.8, 4) is 11.8 Å². The normalized spacial score (nSPS) is 11.4. The average molecular weight is 289 g/mol. The highest BCUT2D eigenvalue weighted by Gasteiger charge is 2.19. The topological polar surface area (TPSA) is 48.3 Å². The van der Waals surface area contributed by atoms with Crippen LogP contribution in [0.25, 0.3) is 0 Å². The van der Waals surface area contributed by atoms with Gasteiger partial charge in [-0.3, -0.25) is 0 Å². The molecule has 0 radical (unpaired) electrons. The molecule has 0 aliphatic rings. The Labute approximate surface area is 128 Å². The van der Waals surface area contributed by atoms with Crippen molar-refractivity contribution in [2.45, 2.75) is 38.8 Å². The molecule has 0 heterocycles. The van der Waals surface area contributed by atoms with Gasteiger partial charge in [0.15, 0.2) is 0 Å². The Balaban J connectivity index is 2.41. The van der Waals surface area contributed by atoms with Crippen LogP contribution in [0.5, 0.6) is 5.75 Å². The Morgan fingerprint density at radius 2 is 2.10 bits per heavy atom. The lowest BCUT2D eigenvalue weighted by Gasteiger charge is -2.32. The van der Waals surface area contributed by atoms with Crippen LogP contribution in [-0.2, 0) is 6.54 Å². The summed E-state index contributed by atoms with van der Waals surface area (Å²) in [5.41, 5.74) is 1.34. The molecule has 0 aromatic heterocycles. The molecule has 1 rings (SSSR count). The molecule has 1 aromatic rings. The summed E-state index contributed by atoms with van der Waals surface area (Å²) in [7, 11) is 4.19. The molecule has 1 aromatic carbocycles. The summed E-state index contributed by atoms with van der Waals surface area (Å²) in [6.07, 6.45) is 1.32. The van der Waals surface area contributed by atoms with Gasteiger partial charge in [0.25, 0.3) is 0 Å². The van der Waals surface area contributed by atoms with Crippen molar-refractivity contribution in [1.29, 1.82) is 5.26 Å². The van der Waals surface area contributed by atoms with Crippen LogP contribution in [0.1, 0.15) is 32.3 Å². The number of unbranched alkanes of at least 4 members (excludes halogenated alkanes) is 1. The van der Waals surface area contributed by atoms with Crippen LogP contribution in [0, 0.1) is 11.3 Å². The van der Waals surface area contributed by atoms with E-state index in [1.54, 1.807) is 0 Å². The molecule has 0 aliphatic carbocycles. The maximum Gasteiger partial charge on any atom is 0.119 e. The van der Waals surface area contributed by atoms with Crippen molar-refractivity contribution < 1.29 is 4.74 Å². The number of benzene rings is 1. The van der Waals surface area contributed by atoms with Crippen molar-refractivity contribution >= 4 is 0 Å². The Kier molecular flexibility index (Phi) is 7.21. The Hall–Kier alpha value is -1.57. The van der Waals surface area contributed by atoms with E-state index >= 15 is 0 Å². The molecular formula is C17H27N3O. The van der Waals surface area contributed by atoms with E-state index in [0.717, 1.165) is 25.3 Å². The molecule has 0 aliphatic heterocycles. The maximum atomic E-state index is 8.49. The van der Waals surface area contributed by atoms with Gasteiger partial charge in [0, 0.05) is 25.0 Å². The minimum atomic E-state index is 0.130. The molecule has 0 atom stereocenters. The highest BCUT2D eigenvalue weighted by Crippen LogP contribution is 2.14. The van der Waals surface area contributed by atoms with Crippen molar-refractivity contribution in [2.75, 3.05) is 27.2 Å². The second-order valence-electron chi connectivity index (χ2n) is 6.07. The first kappa shape index (κ1) is 17.5. The van der Waals surface area contributed by atoms with Crippen LogP contribution in [0.2, 0.25) is 0 Å². The first-order valence-electron chi connectivity index (χ1n) is 7.42. The zero-order chi connectivity index (χ0) is 15.7. The average Bonchev–Trinajstić information content (AvgIpc) is 2.44. The Morgan fingerprint density at radius 1 is 1.33 bits per heavy atom. The SMILES string of the molecule is CN(C)C(C)(C)CNCc1cccc(OCCCC#N)c1. The fourth-order valence-corrected chi connectivity index (χ4v) is 1.76. The highest BCUT2D eigenvalue weighted by molar-refractivity contribution is 5.28. The molecule has 4 heteroatoms. The van der Waals surface area contributed by atoms with Crippen molar-refractivity contribution in [2.24, 2.45) is 0 Å². The molecule has 1 N–H and O–H groups in total. The van der Waals surface area contributed by atoms with E-state index in [9.17, 15) is 0 Å². The van der Waals surface area contributed by atoms with E-state index in [2.05, 4.69) is 56.4 Å². The number of nitrogens with zero attached hydrogens (tertiary/aromatic N) is 2. The van der Waals surface area contributed by atoms with Gasteiger partial charge in [-0.25, -0.2) is 0 Å². The highest BCUT2D eigenvalue weighted by atomic mass is 16.5. The molecule has 0 spiro atoms. The smallest absolute Gasteiger partial charge is 0.119 e. The molecule has 0 amide bonds. The van der Waals surface area contributed by atoms with Gasteiger partial charge in [-0.15, -0.1) is 0 Å². The van der Waals surface area contributed by atoms with Gasteiger partial charge in [0.1, 0.15) is 5.75 Å². The second-order valence-corrected chi connectivity index (χ2v) is 6.07. The van der Waals surface area contributed by atoms with Gasteiger partial charge < -0.3 is 15.0 Å². The van der Waals surface area contributed by atoms with Crippen LogP contribution in [0.3, 0.4) is 0 Å². The number of likely N-dealkylation sites (N-methyl/N-ethyl adjacent to an activating group) is 1. The number of hydrogen-bond donors (Lipinski definition) is 1. The fraction of sp³-hybridized carbons (Fsp3) is 0.588. The minimum absolute atomic E-state index is 0.130. The van der Waals surface area contributed by atoms with E-state index < -0.39 is 0 Å². The predicted octanol–water partition coefficient (Wildman–Crippen LogP) is 2.80. The molecule has 116 valence electrons. The van der Waals surface area contributed by atoms with E-state index in [-0.39, 0.29) is 5.54 Å². The van der Waals surface area contributed by atoms with Gasteiger partial charge in [-0.2, -0.15) is 5.26 Å².